The highest BCUT2D eigenvalue weighted by atomic mass is 16.2. The lowest BCUT2D eigenvalue weighted by molar-refractivity contribution is -0.135. The average molecular weight is 328 g/mol. The van der Waals surface area contributed by atoms with E-state index in [0.29, 0.717) is 18.9 Å². The third-order valence-corrected chi connectivity index (χ3v) is 4.85. The summed E-state index contributed by atoms with van der Waals surface area (Å²) in [5.41, 5.74) is 0. The van der Waals surface area contributed by atoms with Gasteiger partial charge in [0.2, 0.25) is 5.91 Å². The maximum absolute atomic E-state index is 12.7. The number of aromatic nitrogens is 6. The molecule has 0 radical (unpaired) electrons. The van der Waals surface area contributed by atoms with Crippen LogP contribution in [-0.4, -0.2) is 66.7 Å². The molecular formula is C15H20N8O. The van der Waals surface area contributed by atoms with Gasteiger partial charge in [0.05, 0.1) is 12.7 Å². The first kappa shape index (κ1) is 15.0. The largest absolute Gasteiger partial charge is 0.353 e. The van der Waals surface area contributed by atoms with Gasteiger partial charge in [-0.25, -0.2) is 9.67 Å². The Morgan fingerprint density at radius 3 is 2.96 bits per heavy atom. The van der Waals surface area contributed by atoms with Crippen molar-refractivity contribution in [3.8, 4) is 0 Å². The molecule has 0 unspecified atom stereocenters. The zero-order valence-electron chi connectivity index (χ0n) is 13.4. The molecule has 3 saturated heterocycles. The molecular weight excluding hydrogens is 308 g/mol. The first-order valence-electron chi connectivity index (χ1n) is 8.31. The molecule has 126 valence electrons. The van der Waals surface area contributed by atoms with E-state index in [1.807, 2.05) is 0 Å². The minimum Gasteiger partial charge on any atom is -0.353 e. The van der Waals surface area contributed by atoms with Crippen LogP contribution in [0.15, 0.2) is 24.9 Å². The Hall–Kier alpha value is -2.58. The molecule has 0 aromatic carbocycles. The highest BCUT2D eigenvalue weighted by Crippen LogP contribution is 2.30. The van der Waals surface area contributed by atoms with Crippen LogP contribution >= 0.6 is 0 Å². The fraction of sp³-hybridized carbons (Fsp3) is 0.600. The molecule has 9 nitrogen and oxygen atoms in total. The number of fused-ring (bicyclic) bond motifs is 4. The lowest BCUT2D eigenvalue weighted by Crippen LogP contribution is -2.47. The monoisotopic (exact) mass is 328 g/mol. The summed E-state index contributed by atoms with van der Waals surface area (Å²) in [6.45, 7) is 3.11. The van der Waals surface area contributed by atoms with Crippen LogP contribution in [0.2, 0.25) is 0 Å². The Kier molecular flexibility index (Phi) is 4.06. The first-order chi connectivity index (χ1) is 11.8. The summed E-state index contributed by atoms with van der Waals surface area (Å²) >= 11 is 0. The van der Waals surface area contributed by atoms with Gasteiger partial charge < -0.3 is 9.80 Å². The third-order valence-electron chi connectivity index (χ3n) is 4.85. The van der Waals surface area contributed by atoms with Crippen molar-refractivity contribution in [3.05, 3.63) is 24.9 Å². The Morgan fingerprint density at radius 2 is 2.17 bits per heavy atom. The molecule has 0 spiro atoms. The van der Waals surface area contributed by atoms with Crippen molar-refractivity contribution >= 4 is 11.7 Å². The molecule has 0 saturated carbocycles. The molecule has 2 bridgehead atoms. The van der Waals surface area contributed by atoms with E-state index in [4.69, 9.17) is 0 Å². The van der Waals surface area contributed by atoms with Gasteiger partial charge in [0.1, 0.15) is 12.1 Å². The van der Waals surface area contributed by atoms with Gasteiger partial charge in [-0.2, -0.15) is 0 Å². The molecule has 3 aliphatic heterocycles. The van der Waals surface area contributed by atoms with E-state index in [1.54, 1.807) is 23.3 Å². The Labute approximate surface area is 139 Å². The number of hydrogen-bond acceptors (Lipinski definition) is 7. The van der Waals surface area contributed by atoms with Crippen LogP contribution in [0.25, 0.3) is 0 Å². The van der Waals surface area contributed by atoms with Gasteiger partial charge in [-0.1, -0.05) is 0 Å². The second-order valence-corrected chi connectivity index (χ2v) is 6.43. The van der Waals surface area contributed by atoms with Crippen molar-refractivity contribution in [2.24, 2.45) is 5.92 Å². The number of amides is 1. The zero-order chi connectivity index (χ0) is 16.4. The van der Waals surface area contributed by atoms with Gasteiger partial charge >= 0.3 is 0 Å². The second-order valence-electron chi connectivity index (χ2n) is 6.43. The van der Waals surface area contributed by atoms with Crippen LogP contribution < -0.4 is 4.90 Å². The van der Waals surface area contributed by atoms with E-state index in [0.717, 1.165) is 38.3 Å². The van der Waals surface area contributed by atoms with E-state index in [1.165, 1.54) is 6.33 Å². The van der Waals surface area contributed by atoms with Gasteiger partial charge in [-0.05, 0) is 29.2 Å². The number of carbonyl (C=O) groups is 1. The third kappa shape index (κ3) is 3.06. The van der Waals surface area contributed by atoms with Crippen molar-refractivity contribution in [1.82, 2.24) is 35.1 Å². The second kappa shape index (κ2) is 6.50. The van der Waals surface area contributed by atoms with Gasteiger partial charge in [-0.15, -0.1) is 5.10 Å². The SMILES string of the molecule is O=C(CCn1cnnn1)N1C[C@@H]2CC[C@H]1CN(c1cnccn1)C2. The van der Waals surface area contributed by atoms with E-state index in [2.05, 4.69) is 35.3 Å². The number of tetrazole rings is 1. The summed E-state index contributed by atoms with van der Waals surface area (Å²) in [6.07, 6.45) is 9.39. The lowest BCUT2D eigenvalue weighted by atomic mass is 9.95. The summed E-state index contributed by atoms with van der Waals surface area (Å²) in [6, 6.07) is 0.243. The first-order valence-corrected chi connectivity index (χ1v) is 8.31. The minimum absolute atomic E-state index is 0.182. The number of rotatable bonds is 4. The van der Waals surface area contributed by atoms with Crippen molar-refractivity contribution in [2.45, 2.75) is 31.8 Å². The lowest BCUT2D eigenvalue weighted by Gasteiger charge is -2.36. The van der Waals surface area contributed by atoms with Crippen LogP contribution in [0, 0.1) is 5.92 Å². The van der Waals surface area contributed by atoms with Crippen molar-refractivity contribution < 1.29 is 4.79 Å². The van der Waals surface area contributed by atoms with E-state index < -0.39 is 0 Å². The predicted octanol–water partition coefficient (Wildman–Crippen LogP) is -0.0194. The van der Waals surface area contributed by atoms with Crippen LogP contribution in [0.4, 0.5) is 5.82 Å². The van der Waals surface area contributed by atoms with Crippen LogP contribution in [0.3, 0.4) is 0 Å². The van der Waals surface area contributed by atoms with Crippen LogP contribution in [0.5, 0.6) is 0 Å². The predicted molar refractivity (Wildman–Crippen MR) is 84.9 cm³/mol. The Bertz CT molecular complexity index is 676. The summed E-state index contributed by atoms with van der Waals surface area (Å²) < 4.78 is 1.60. The van der Waals surface area contributed by atoms with Crippen LogP contribution in [-0.2, 0) is 11.3 Å². The molecule has 5 rings (SSSR count). The number of anilines is 1. The van der Waals surface area contributed by atoms with E-state index in [9.17, 15) is 4.79 Å². The minimum atomic E-state index is 0.182. The normalized spacial score (nSPS) is 23.3. The molecule has 3 aliphatic rings. The number of carbonyl (C=O) groups excluding carboxylic acids is 1. The van der Waals surface area contributed by atoms with Gasteiger partial charge in [0, 0.05) is 44.5 Å². The van der Waals surface area contributed by atoms with Gasteiger partial charge in [0.15, 0.2) is 0 Å². The highest BCUT2D eigenvalue weighted by Gasteiger charge is 2.37. The molecule has 0 aliphatic carbocycles. The quantitative estimate of drug-likeness (QED) is 0.778. The molecule has 5 heterocycles. The highest BCUT2D eigenvalue weighted by molar-refractivity contribution is 5.76. The van der Waals surface area contributed by atoms with Crippen molar-refractivity contribution in [3.63, 3.8) is 0 Å². The summed E-state index contributed by atoms with van der Waals surface area (Å²) in [4.78, 5) is 25.6. The average Bonchev–Trinajstić information content (AvgIpc) is 2.98. The topological polar surface area (TPSA) is 92.9 Å². The summed E-state index contributed by atoms with van der Waals surface area (Å²) in [5.74, 6) is 1.57. The van der Waals surface area contributed by atoms with E-state index >= 15 is 0 Å². The molecule has 2 aromatic rings. The van der Waals surface area contributed by atoms with Crippen LogP contribution in [0.1, 0.15) is 19.3 Å². The molecule has 2 aromatic heterocycles. The molecule has 3 fully saturated rings. The Morgan fingerprint density at radius 1 is 1.21 bits per heavy atom. The standard InChI is InChI=1S/C15H20N8O/c24-15(3-6-22-11-18-19-20-22)23-9-12-1-2-13(23)10-21(8-12)14-7-16-4-5-17-14/h4-5,7,11-13H,1-3,6,8-10H2/t12-,13+/m1/s1. The fourth-order valence-corrected chi connectivity index (χ4v) is 3.67. The Balaban J connectivity index is 1.43. The van der Waals surface area contributed by atoms with Crippen molar-refractivity contribution in [2.75, 3.05) is 24.5 Å². The number of hydrogen-bond donors (Lipinski definition) is 0. The fourth-order valence-electron chi connectivity index (χ4n) is 3.67. The molecule has 2 atom stereocenters. The van der Waals surface area contributed by atoms with Gasteiger partial charge in [0.25, 0.3) is 0 Å². The molecule has 1 amide bonds. The molecule has 0 N–H and O–H groups in total. The van der Waals surface area contributed by atoms with E-state index in [-0.39, 0.29) is 11.9 Å². The molecule has 24 heavy (non-hydrogen) atoms. The maximum Gasteiger partial charge on any atom is 0.224 e. The zero-order valence-corrected chi connectivity index (χ0v) is 13.4. The number of aryl methyl sites for hydroxylation is 1. The maximum atomic E-state index is 12.7. The summed E-state index contributed by atoms with van der Waals surface area (Å²) in [7, 11) is 0. The smallest absolute Gasteiger partial charge is 0.224 e. The molecule has 9 heteroatoms. The number of piperidine rings is 1. The van der Waals surface area contributed by atoms with Crippen molar-refractivity contribution in [1.29, 1.82) is 0 Å². The number of nitrogens with zero attached hydrogens (tertiary/aromatic N) is 8. The summed E-state index contributed by atoms with van der Waals surface area (Å²) in [5, 5.41) is 11.0. The van der Waals surface area contributed by atoms with Gasteiger partial charge in [-0.3, -0.25) is 9.78 Å².